The van der Waals surface area contributed by atoms with E-state index in [-0.39, 0.29) is 12.3 Å². The molecule has 6 nitrogen and oxygen atoms in total. The Labute approximate surface area is 153 Å². The lowest BCUT2D eigenvalue weighted by Gasteiger charge is -2.07. The zero-order valence-electron chi connectivity index (χ0n) is 13.7. The number of hydrogen-bond acceptors (Lipinski definition) is 6. The van der Waals surface area contributed by atoms with Crippen LogP contribution in [0.4, 0.5) is 5.13 Å². The molecule has 1 amide bonds. The van der Waals surface area contributed by atoms with Crippen molar-refractivity contribution in [1.82, 2.24) is 15.6 Å². The average molecular weight is 361 g/mol. The van der Waals surface area contributed by atoms with Gasteiger partial charge in [-0.3, -0.25) is 4.79 Å². The minimum absolute atomic E-state index is 0.0997. The van der Waals surface area contributed by atoms with E-state index in [1.165, 1.54) is 11.3 Å². The fourth-order valence-corrected chi connectivity index (χ4v) is 3.48. The molecule has 7 heteroatoms. The molecule has 3 aromatic carbocycles. The molecule has 1 aromatic heterocycles. The zero-order valence-corrected chi connectivity index (χ0v) is 14.5. The quantitative estimate of drug-likeness (QED) is 0.332. The molecule has 0 spiro atoms. The number of anilines is 1. The van der Waals surface area contributed by atoms with Crippen LogP contribution in [0.5, 0.6) is 0 Å². The Morgan fingerprint density at radius 3 is 2.35 bits per heavy atom. The third kappa shape index (κ3) is 3.25. The van der Waals surface area contributed by atoms with Crippen LogP contribution in [0.2, 0.25) is 0 Å². The van der Waals surface area contributed by atoms with E-state index in [0.29, 0.717) is 10.1 Å². The van der Waals surface area contributed by atoms with Gasteiger partial charge in [-0.25, -0.2) is 5.43 Å². The van der Waals surface area contributed by atoms with Crippen molar-refractivity contribution in [1.29, 1.82) is 0 Å². The number of nitrogens with one attached hydrogen (secondary N) is 1. The molecule has 4 aromatic rings. The van der Waals surface area contributed by atoms with Crippen LogP contribution in [0.1, 0.15) is 10.6 Å². The molecular weight excluding hydrogens is 346 g/mol. The molecule has 0 aliphatic heterocycles. The van der Waals surface area contributed by atoms with Gasteiger partial charge in [-0.2, -0.15) is 5.10 Å². The maximum absolute atomic E-state index is 12.0. The van der Waals surface area contributed by atoms with Crippen molar-refractivity contribution >= 4 is 50.1 Å². The number of rotatable bonds is 4. The van der Waals surface area contributed by atoms with E-state index < -0.39 is 0 Å². The van der Waals surface area contributed by atoms with E-state index >= 15 is 0 Å². The molecular formula is C19H15N5OS. The predicted molar refractivity (Wildman–Crippen MR) is 105 cm³/mol. The monoisotopic (exact) mass is 361 g/mol. The Hall–Kier alpha value is -3.32. The molecule has 0 aliphatic rings. The lowest BCUT2D eigenvalue weighted by atomic mass is 9.97. The van der Waals surface area contributed by atoms with Crippen molar-refractivity contribution in [2.24, 2.45) is 5.10 Å². The largest absolute Gasteiger partial charge is 0.374 e. The normalized spacial score (nSPS) is 11.4. The van der Waals surface area contributed by atoms with Crippen LogP contribution in [-0.4, -0.2) is 22.3 Å². The summed E-state index contributed by atoms with van der Waals surface area (Å²) in [5.74, 6) is -0.262. The van der Waals surface area contributed by atoms with E-state index in [1.807, 2.05) is 24.3 Å². The molecule has 0 aliphatic carbocycles. The van der Waals surface area contributed by atoms with Crippen LogP contribution < -0.4 is 11.2 Å². The van der Waals surface area contributed by atoms with Gasteiger partial charge in [-0.15, -0.1) is 10.2 Å². The Bertz CT molecular complexity index is 1080. The third-order valence-corrected chi connectivity index (χ3v) is 4.74. The number of hydrogen-bond donors (Lipinski definition) is 2. The number of carbonyl (C=O) groups is 1. The maximum Gasteiger partial charge on any atom is 0.247 e. The number of nitrogen functional groups attached to an aromatic ring is 1. The van der Waals surface area contributed by atoms with Gasteiger partial charge in [0.15, 0.2) is 0 Å². The average Bonchev–Trinajstić information content (AvgIpc) is 3.05. The van der Waals surface area contributed by atoms with Gasteiger partial charge < -0.3 is 5.73 Å². The minimum atomic E-state index is -0.262. The number of benzene rings is 3. The molecule has 4 rings (SSSR count). The Kier molecular flexibility index (Phi) is 4.28. The zero-order chi connectivity index (χ0) is 17.9. The van der Waals surface area contributed by atoms with E-state index in [9.17, 15) is 4.79 Å². The maximum atomic E-state index is 12.0. The molecule has 0 bridgehead atoms. The summed E-state index contributed by atoms with van der Waals surface area (Å²) in [7, 11) is 0. The standard InChI is InChI=1S/C19H15N5OS/c20-19-24-23-18(26-19)10-17(25)22-21-11-16-14-7-3-1-5-12(14)9-13-6-2-4-8-15(13)16/h1-9,11H,10H2,(H2,20,24)(H,22,25)/b21-11-. The Balaban J connectivity index is 1.62. The van der Waals surface area contributed by atoms with Gasteiger partial charge in [-0.05, 0) is 27.6 Å². The van der Waals surface area contributed by atoms with Gasteiger partial charge in [0.05, 0.1) is 12.6 Å². The summed E-state index contributed by atoms with van der Waals surface area (Å²) in [5, 5.41) is 17.0. The molecule has 0 unspecified atom stereocenters. The highest BCUT2D eigenvalue weighted by atomic mass is 32.1. The van der Waals surface area contributed by atoms with Crippen molar-refractivity contribution in [3.63, 3.8) is 0 Å². The first kappa shape index (κ1) is 16.2. The number of nitrogens with two attached hydrogens (primary N) is 1. The van der Waals surface area contributed by atoms with Crippen molar-refractivity contribution in [3.8, 4) is 0 Å². The summed E-state index contributed by atoms with van der Waals surface area (Å²) in [6, 6.07) is 18.4. The summed E-state index contributed by atoms with van der Waals surface area (Å²) in [6.45, 7) is 0. The van der Waals surface area contributed by atoms with Crippen LogP contribution in [0.3, 0.4) is 0 Å². The first-order valence-corrected chi connectivity index (χ1v) is 8.82. The molecule has 0 saturated heterocycles. The number of amides is 1. The predicted octanol–water partition coefficient (Wildman–Crippen LogP) is 3.12. The van der Waals surface area contributed by atoms with Crippen molar-refractivity contribution in [2.75, 3.05) is 5.73 Å². The lowest BCUT2D eigenvalue weighted by molar-refractivity contribution is -0.120. The number of nitrogens with zero attached hydrogens (tertiary/aromatic N) is 3. The van der Waals surface area contributed by atoms with Crippen molar-refractivity contribution in [2.45, 2.75) is 6.42 Å². The highest BCUT2D eigenvalue weighted by Crippen LogP contribution is 2.27. The molecule has 3 N–H and O–H groups in total. The summed E-state index contributed by atoms with van der Waals surface area (Å²) in [4.78, 5) is 12.0. The number of aromatic nitrogens is 2. The van der Waals surface area contributed by atoms with Gasteiger partial charge in [0.25, 0.3) is 0 Å². The molecule has 0 fully saturated rings. The van der Waals surface area contributed by atoms with Crippen molar-refractivity contribution in [3.05, 3.63) is 65.2 Å². The first-order chi connectivity index (χ1) is 12.7. The fraction of sp³-hybridized carbons (Fsp3) is 0.0526. The second-order valence-electron chi connectivity index (χ2n) is 5.74. The molecule has 0 radical (unpaired) electrons. The summed E-state index contributed by atoms with van der Waals surface area (Å²) in [5.41, 5.74) is 9.04. The van der Waals surface area contributed by atoms with Gasteiger partial charge in [0.2, 0.25) is 11.0 Å². The highest BCUT2D eigenvalue weighted by molar-refractivity contribution is 7.15. The molecule has 0 saturated carbocycles. The Morgan fingerprint density at radius 2 is 1.73 bits per heavy atom. The SMILES string of the molecule is Nc1nnc(CC(=O)N/N=C\c2c3ccccc3cc3ccccc23)s1. The van der Waals surface area contributed by atoms with Gasteiger partial charge in [0.1, 0.15) is 5.01 Å². The third-order valence-electron chi connectivity index (χ3n) is 3.99. The summed E-state index contributed by atoms with van der Waals surface area (Å²) < 4.78 is 0. The number of carbonyl (C=O) groups excluding carboxylic acids is 1. The summed E-state index contributed by atoms with van der Waals surface area (Å²) >= 11 is 1.19. The van der Waals surface area contributed by atoms with E-state index in [2.05, 4.69) is 51.1 Å². The minimum Gasteiger partial charge on any atom is -0.374 e. The number of hydrazone groups is 1. The van der Waals surface area contributed by atoms with Crippen LogP contribution in [0.25, 0.3) is 21.5 Å². The fourth-order valence-electron chi connectivity index (χ4n) is 2.87. The topological polar surface area (TPSA) is 93.3 Å². The first-order valence-electron chi connectivity index (χ1n) is 8.01. The van der Waals surface area contributed by atoms with Gasteiger partial charge in [0, 0.05) is 5.56 Å². The summed E-state index contributed by atoms with van der Waals surface area (Å²) in [6.07, 6.45) is 1.79. The van der Waals surface area contributed by atoms with Crippen LogP contribution >= 0.6 is 11.3 Å². The van der Waals surface area contributed by atoms with E-state index in [0.717, 1.165) is 27.1 Å². The van der Waals surface area contributed by atoms with E-state index in [1.54, 1.807) is 6.21 Å². The lowest BCUT2D eigenvalue weighted by Crippen LogP contribution is -2.19. The highest BCUT2D eigenvalue weighted by Gasteiger charge is 2.08. The second-order valence-corrected chi connectivity index (χ2v) is 6.83. The van der Waals surface area contributed by atoms with Gasteiger partial charge in [-0.1, -0.05) is 59.9 Å². The molecule has 26 heavy (non-hydrogen) atoms. The van der Waals surface area contributed by atoms with Crippen LogP contribution in [-0.2, 0) is 11.2 Å². The van der Waals surface area contributed by atoms with E-state index in [4.69, 9.17) is 5.73 Å². The second kappa shape index (κ2) is 6.89. The molecule has 1 heterocycles. The number of fused-ring (bicyclic) bond motifs is 2. The van der Waals surface area contributed by atoms with Crippen LogP contribution in [0, 0.1) is 0 Å². The van der Waals surface area contributed by atoms with Crippen LogP contribution in [0.15, 0.2) is 59.7 Å². The molecule has 128 valence electrons. The Morgan fingerprint density at radius 1 is 1.08 bits per heavy atom. The van der Waals surface area contributed by atoms with Gasteiger partial charge >= 0.3 is 0 Å². The van der Waals surface area contributed by atoms with Crippen molar-refractivity contribution < 1.29 is 4.79 Å². The smallest absolute Gasteiger partial charge is 0.247 e. The molecule has 0 atom stereocenters.